The molecular weight excluding hydrogens is 396 g/mol. The molecule has 1 aliphatic heterocycles. The number of hydrogen-bond donors (Lipinski definition) is 2. The number of carbonyl (C=O) groups is 3. The molecule has 0 radical (unpaired) electrons. The number of rotatable bonds is 3. The first-order chi connectivity index (χ1) is 14.1. The van der Waals surface area contributed by atoms with E-state index in [1.807, 2.05) is 0 Å². The zero-order valence-electron chi connectivity index (χ0n) is 16.4. The van der Waals surface area contributed by atoms with Gasteiger partial charge in [0.25, 0.3) is 5.92 Å². The summed E-state index contributed by atoms with van der Waals surface area (Å²) in [7, 11) is 0. The van der Waals surface area contributed by atoms with Crippen molar-refractivity contribution in [2.24, 2.45) is 11.7 Å². The Morgan fingerprint density at radius 2 is 1.97 bits per heavy atom. The third-order valence-corrected chi connectivity index (χ3v) is 5.09. The number of likely N-dealkylation sites (tertiary alicyclic amines) is 1. The Kier molecular flexibility index (Phi) is 5.77. The van der Waals surface area contributed by atoms with Gasteiger partial charge in [0.1, 0.15) is 0 Å². The third-order valence-electron chi connectivity index (χ3n) is 5.09. The van der Waals surface area contributed by atoms with Crippen molar-refractivity contribution in [1.29, 1.82) is 0 Å². The van der Waals surface area contributed by atoms with Gasteiger partial charge in [-0.15, -0.1) is 0 Å². The van der Waals surface area contributed by atoms with Crippen LogP contribution in [0.4, 0.5) is 14.5 Å². The Morgan fingerprint density at radius 3 is 2.60 bits per heavy atom. The highest BCUT2D eigenvalue weighted by molar-refractivity contribution is 6.39. The molecule has 3 N–H and O–H groups in total. The number of amides is 3. The van der Waals surface area contributed by atoms with E-state index < -0.39 is 42.0 Å². The molecule has 3 rings (SSSR count). The highest BCUT2D eigenvalue weighted by Gasteiger charge is 2.48. The molecule has 3 amide bonds. The van der Waals surface area contributed by atoms with Crippen molar-refractivity contribution >= 4 is 23.4 Å². The molecule has 2 atom stereocenters. The molecule has 0 aromatic carbocycles. The van der Waals surface area contributed by atoms with Crippen LogP contribution in [0.2, 0.25) is 0 Å². The Balaban J connectivity index is 1.85. The second kappa shape index (κ2) is 8.13. The lowest BCUT2D eigenvalue weighted by Crippen LogP contribution is -2.52. The van der Waals surface area contributed by atoms with Crippen molar-refractivity contribution < 1.29 is 23.2 Å². The van der Waals surface area contributed by atoms with Crippen LogP contribution in [0.5, 0.6) is 0 Å². The number of alkyl halides is 2. The number of carbonyl (C=O) groups excluding carboxylic acids is 3. The molecule has 158 valence electrons. The van der Waals surface area contributed by atoms with E-state index in [1.54, 1.807) is 19.1 Å². The van der Waals surface area contributed by atoms with Crippen LogP contribution in [0.3, 0.4) is 0 Å². The molecule has 1 saturated heterocycles. The summed E-state index contributed by atoms with van der Waals surface area (Å²) in [5.41, 5.74) is 6.45. The SMILES string of the molecule is Cc1ccc([C@@H]2CC(F)(F)[C@@H](C)CN2C(=O)C(=O)Nc2cncc(C(N)=O)c2)cn1. The van der Waals surface area contributed by atoms with E-state index >= 15 is 0 Å². The summed E-state index contributed by atoms with van der Waals surface area (Å²) in [5.74, 6) is -6.86. The maximum atomic E-state index is 14.4. The number of aromatic nitrogens is 2. The number of hydrogen-bond acceptors (Lipinski definition) is 5. The topological polar surface area (TPSA) is 118 Å². The molecule has 0 saturated carbocycles. The van der Waals surface area contributed by atoms with E-state index in [-0.39, 0.29) is 17.8 Å². The van der Waals surface area contributed by atoms with Gasteiger partial charge in [0.05, 0.1) is 23.5 Å². The quantitative estimate of drug-likeness (QED) is 0.741. The zero-order valence-corrected chi connectivity index (χ0v) is 16.4. The Morgan fingerprint density at radius 1 is 1.23 bits per heavy atom. The lowest BCUT2D eigenvalue weighted by atomic mass is 9.87. The van der Waals surface area contributed by atoms with Gasteiger partial charge in [0.15, 0.2) is 0 Å². The van der Waals surface area contributed by atoms with Crippen LogP contribution in [0, 0.1) is 12.8 Å². The number of primary amides is 1. The van der Waals surface area contributed by atoms with Gasteiger partial charge in [0, 0.05) is 37.0 Å². The average molecular weight is 417 g/mol. The monoisotopic (exact) mass is 417 g/mol. The molecule has 8 nitrogen and oxygen atoms in total. The molecule has 0 bridgehead atoms. The van der Waals surface area contributed by atoms with Gasteiger partial charge in [0.2, 0.25) is 5.91 Å². The standard InChI is InChI=1S/C20H21F2N5O3/c1-11-10-27(16(6-20(11,21)22)13-4-3-12(2)25-8-13)19(30)18(29)26-15-5-14(17(23)28)7-24-9-15/h3-5,7-9,11,16H,6,10H2,1-2H3,(H2,23,28)(H,26,29)/t11-,16-/m0/s1. The fraction of sp³-hybridized carbons (Fsp3) is 0.350. The van der Waals surface area contributed by atoms with Gasteiger partial charge in [-0.05, 0) is 24.6 Å². The number of piperidine rings is 1. The van der Waals surface area contributed by atoms with Crippen molar-refractivity contribution in [3.63, 3.8) is 0 Å². The fourth-order valence-corrected chi connectivity index (χ4v) is 3.28. The summed E-state index contributed by atoms with van der Waals surface area (Å²) < 4.78 is 28.8. The first-order valence-corrected chi connectivity index (χ1v) is 9.25. The van der Waals surface area contributed by atoms with Gasteiger partial charge >= 0.3 is 11.8 Å². The second-order valence-corrected chi connectivity index (χ2v) is 7.35. The van der Waals surface area contributed by atoms with Crippen LogP contribution >= 0.6 is 0 Å². The molecule has 30 heavy (non-hydrogen) atoms. The van der Waals surface area contributed by atoms with Gasteiger partial charge in [-0.3, -0.25) is 24.4 Å². The lowest BCUT2D eigenvalue weighted by molar-refractivity contribution is -0.159. The Labute approximate surface area is 171 Å². The Bertz CT molecular complexity index is 981. The van der Waals surface area contributed by atoms with Crippen LogP contribution in [0.1, 0.15) is 41.0 Å². The molecule has 0 aliphatic carbocycles. The minimum Gasteiger partial charge on any atom is -0.366 e. The molecule has 3 heterocycles. The van der Waals surface area contributed by atoms with E-state index in [4.69, 9.17) is 5.73 Å². The molecule has 0 unspecified atom stereocenters. The van der Waals surface area contributed by atoms with Crippen LogP contribution in [-0.2, 0) is 9.59 Å². The summed E-state index contributed by atoms with van der Waals surface area (Å²) in [5, 5.41) is 2.35. The summed E-state index contributed by atoms with van der Waals surface area (Å²) in [6.07, 6.45) is 3.28. The number of pyridine rings is 2. The molecule has 0 spiro atoms. The van der Waals surface area contributed by atoms with Crippen LogP contribution < -0.4 is 11.1 Å². The van der Waals surface area contributed by atoms with Crippen molar-refractivity contribution in [2.45, 2.75) is 32.2 Å². The molecule has 10 heteroatoms. The predicted molar refractivity (Wildman–Crippen MR) is 104 cm³/mol. The zero-order chi connectivity index (χ0) is 22.1. The van der Waals surface area contributed by atoms with E-state index in [9.17, 15) is 23.2 Å². The molecular formula is C20H21F2N5O3. The average Bonchev–Trinajstić information content (AvgIpc) is 2.70. The number of anilines is 1. The number of nitrogens with one attached hydrogen (secondary N) is 1. The summed E-state index contributed by atoms with van der Waals surface area (Å²) in [6, 6.07) is 3.55. The van der Waals surface area contributed by atoms with Gasteiger partial charge in [-0.1, -0.05) is 13.0 Å². The van der Waals surface area contributed by atoms with Crippen molar-refractivity contribution in [2.75, 3.05) is 11.9 Å². The normalized spacial score (nSPS) is 20.5. The largest absolute Gasteiger partial charge is 0.366 e. The minimum absolute atomic E-state index is 0.0510. The molecule has 2 aromatic rings. The van der Waals surface area contributed by atoms with Gasteiger partial charge < -0.3 is 16.0 Å². The highest BCUT2D eigenvalue weighted by Crippen LogP contribution is 2.42. The van der Waals surface area contributed by atoms with E-state index in [1.165, 1.54) is 31.6 Å². The van der Waals surface area contributed by atoms with E-state index in [0.717, 1.165) is 4.90 Å². The number of nitrogens with zero attached hydrogens (tertiary/aromatic N) is 3. The first-order valence-electron chi connectivity index (χ1n) is 9.25. The van der Waals surface area contributed by atoms with Crippen molar-refractivity contribution in [3.05, 3.63) is 53.6 Å². The summed E-state index contributed by atoms with van der Waals surface area (Å²) in [6.45, 7) is 2.80. The van der Waals surface area contributed by atoms with Crippen molar-refractivity contribution in [3.8, 4) is 0 Å². The third kappa shape index (κ3) is 4.42. The summed E-state index contributed by atoms with van der Waals surface area (Å²) in [4.78, 5) is 45.7. The molecule has 1 fully saturated rings. The maximum Gasteiger partial charge on any atom is 0.313 e. The van der Waals surface area contributed by atoms with Crippen LogP contribution in [0.15, 0.2) is 36.8 Å². The smallest absolute Gasteiger partial charge is 0.313 e. The van der Waals surface area contributed by atoms with Crippen LogP contribution in [-0.4, -0.2) is 45.1 Å². The highest BCUT2D eigenvalue weighted by atomic mass is 19.3. The fourth-order valence-electron chi connectivity index (χ4n) is 3.28. The lowest BCUT2D eigenvalue weighted by Gasteiger charge is -2.42. The van der Waals surface area contributed by atoms with Crippen LogP contribution in [0.25, 0.3) is 0 Å². The van der Waals surface area contributed by atoms with Crippen molar-refractivity contribution in [1.82, 2.24) is 14.9 Å². The minimum atomic E-state index is -3.00. The Hall–Kier alpha value is -3.43. The van der Waals surface area contributed by atoms with Gasteiger partial charge in [-0.25, -0.2) is 8.78 Å². The molecule has 1 aliphatic rings. The second-order valence-electron chi connectivity index (χ2n) is 7.35. The predicted octanol–water partition coefficient (Wildman–Crippen LogP) is 2.07. The summed E-state index contributed by atoms with van der Waals surface area (Å²) >= 11 is 0. The number of aryl methyl sites for hydroxylation is 1. The first kappa shape index (κ1) is 21.3. The molecule has 2 aromatic heterocycles. The van der Waals surface area contributed by atoms with E-state index in [2.05, 4.69) is 15.3 Å². The maximum absolute atomic E-state index is 14.4. The number of halogens is 2. The number of nitrogens with two attached hydrogens (primary N) is 1. The van der Waals surface area contributed by atoms with E-state index in [0.29, 0.717) is 11.3 Å². The van der Waals surface area contributed by atoms with Gasteiger partial charge in [-0.2, -0.15) is 0 Å².